The molecule has 1 aromatic heterocycles. The first kappa shape index (κ1) is 15.7. The van der Waals surface area contributed by atoms with Gasteiger partial charge in [-0.2, -0.15) is 0 Å². The zero-order valence-electron chi connectivity index (χ0n) is 11.4. The summed E-state index contributed by atoms with van der Waals surface area (Å²) in [5.74, 6) is -0.0708. The van der Waals surface area contributed by atoms with Gasteiger partial charge in [0.15, 0.2) is 10.9 Å². The summed E-state index contributed by atoms with van der Waals surface area (Å²) in [5.41, 5.74) is 0. The Bertz CT molecular complexity index is 389. The van der Waals surface area contributed by atoms with Gasteiger partial charge in [0, 0.05) is 6.54 Å². The third-order valence-corrected chi connectivity index (χ3v) is 3.05. The van der Waals surface area contributed by atoms with E-state index in [-0.39, 0.29) is 11.7 Å². The second-order valence-electron chi connectivity index (χ2n) is 4.07. The van der Waals surface area contributed by atoms with Crippen LogP contribution < -0.4 is 10.6 Å². The van der Waals surface area contributed by atoms with Crippen LogP contribution >= 0.6 is 12.2 Å². The summed E-state index contributed by atoms with van der Waals surface area (Å²) < 4.78 is 4.98. The molecule has 0 spiro atoms. The first-order valence-electron chi connectivity index (χ1n) is 6.52. The maximum atomic E-state index is 11.6. The third-order valence-electron chi connectivity index (χ3n) is 2.80. The molecule has 0 atom stereocenters. The van der Waals surface area contributed by atoms with Gasteiger partial charge >= 0.3 is 0 Å². The highest BCUT2D eigenvalue weighted by atomic mass is 32.1. The van der Waals surface area contributed by atoms with E-state index in [4.69, 9.17) is 16.6 Å². The lowest BCUT2D eigenvalue weighted by Crippen LogP contribution is -2.40. The maximum Gasteiger partial charge on any atom is 0.293 e. The van der Waals surface area contributed by atoms with Crippen molar-refractivity contribution in [1.82, 2.24) is 15.5 Å². The van der Waals surface area contributed by atoms with Crippen LogP contribution in [-0.2, 0) is 0 Å². The zero-order valence-corrected chi connectivity index (χ0v) is 12.3. The van der Waals surface area contributed by atoms with Crippen molar-refractivity contribution >= 4 is 23.2 Å². The molecule has 0 aromatic carbocycles. The van der Waals surface area contributed by atoms with Crippen LogP contribution in [0.15, 0.2) is 22.8 Å². The van der Waals surface area contributed by atoms with Gasteiger partial charge in [0.1, 0.15) is 0 Å². The number of thiocarbonyl (C=S) groups is 1. The highest BCUT2D eigenvalue weighted by Crippen LogP contribution is 1.98. The fraction of sp³-hybridized carbons (Fsp3) is 0.538. The molecule has 106 valence electrons. The van der Waals surface area contributed by atoms with Gasteiger partial charge in [0.05, 0.1) is 6.26 Å². The SMILES string of the molecule is CCN(CC)CCCNC(=S)NC(=O)c1ccco1. The predicted molar refractivity (Wildman–Crippen MR) is 79.2 cm³/mol. The average molecular weight is 283 g/mol. The number of furan rings is 1. The topological polar surface area (TPSA) is 57.5 Å². The second-order valence-corrected chi connectivity index (χ2v) is 4.48. The van der Waals surface area contributed by atoms with Crippen molar-refractivity contribution in [2.24, 2.45) is 0 Å². The molecule has 19 heavy (non-hydrogen) atoms. The normalized spacial score (nSPS) is 10.5. The van der Waals surface area contributed by atoms with Gasteiger partial charge in [-0.1, -0.05) is 13.8 Å². The van der Waals surface area contributed by atoms with Crippen LogP contribution in [0.5, 0.6) is 0 Å². The quantitative estimate of drug-likeness (QED) is 0.588. The monoisotopic (exact) mass is 283 g/mol. The fourth-order valence-electron chi connectivity index (χ4n) is 1.66. The molecular weight excluding hydrogens is 262 g/mol. The smallest absolute Gasteiger partial charge is 0.293 e. The number of carbonyl (C=O) groups excluding carboxylic acids is 1. The molecule has 0 radical (unpaired) electrons. The Morgan fingerprint density at radius 3 is 2.74 bits per heavy atom. The Kier molecular flexibility index (Phi) is 7.14. The molecule has 1 rings (SSSR count). The van der Waals surface area contributed by atoms with E-state index in [0.717, 1.165) is 32.6 Å². The molecule has 5 nitrogen and oxygen atoms in total. The fourth-order valence-corrected chi connectivity index (χ4v) is 1.86. The van der Waals surface area contributed by atoms with Gasteiger partial charge < -0.3 is 14.6 Å². The van der Waals surface area contributed by atoms with E-state index in [0.29, 0.717) is 5.11 Å². The molecule has 2 N–H and O–H groups in total. The van der Waals surface area contributed by atoms with Crippen LogP contribution in [0.4, 0.5) is 0 Å². The maximum absolute atomic E-state index is 11.6. The number of hydrogen-bond acceptors (Lipinski definition) is 4. The van der Waals surface area contributed by atoms with E-state index in [1.54, 1.807) is 12.1 Å². The Morgan fingerprint density at radius 2 is 2.16 bits per heavy atom. The van der Waals surface area contributed by atoms with Crippen molar-refractivity contribution < 1.29 is 9.21 Å². The first-order valence-corrected chi connectivity index (χ1v) is 6.93. The first-order chi connectivity index (χ1) is 9.17. The van der Waals surface area contributed by atoms with Gasteiger partial charge in [-0.05, 0) is 50.4 Å². The summed E-state index contributed by atoms with van der Waals surface area (Å²) in [6.07, 6.45) is 2.44. The Hall–Kier alpha value is -1.40. The van der Waals surface area contributed by atoms with E-state index in [1.807, 2.05) is 0 Å². The lowest BCUT2D eigenvalue weighted by atomic mass is 10.3. The van der Waals surface area contributed by atoms with Gasteiger partial charge in [-0.15, -0.1) is 0 Å². The lowest BCUT2D eigenvalue weighted by molar-refractivity contribution is 0.0949. The molecule has 0 aliphatic carbocycles. The predicted octanol–water partition coefficient (Wildman–Crippen LogP) is 1.62. The van der Waals surface area contributed by atoms with Crippen LogP contribution in [0, 0.1) is 0 Å². The molecule has 0 unspecified atom stereocenters. The van der Waals surface area contributed by atoms with Crippen LogP contribution in [0.3, 0.4) is 0 Å². The molecule has 0 saturated heterocycles. The van der Waals surface area contributed by atoms with E-state index in [1.165, 1.54) is 6.26 Å². The molecule has 0 bridgehead atoms. The standard InChI is InChI=1S/C13H21N3O2S/c1-3-16(4-2)9-6-8-14-13(19)15-12(17)11-7-5-10-18-11/h5,7,10H,3-4,6,8-9H2,1-2H3,(H2,14,15,17,19). The second kappa shape index (κ2) is 8.66. The molecule has 0 aliphatic heterocycles. The molecule has 1 amide bonds. The number of rotatable bonds is 7. The molecule has 1 aromatic rings. The number of nitrogens with one attached hydrogen (secondary N) is 2. The lowest BCUT2D eigenvalue weighted by Gasteiger charge is -2.18. The number of hydrogen-bond donors (Lipinski definition) is 2. The third kappa shape index (κ3) is 5.85. The minimum Gasteiger partial charge on any atom is -0.459 e. The Labute approximate surface area is 119 Å². The van der Waals surface area contributed by atoms with E-state index >= 15 is 0 Å². The van der Waals surface area contributed by atoms with Crippen LogP contribution in [-0.4, -0.2) is 42.1 Å². The zero-order chi connectivity index (χ0) is 14.1. The van der Waals surface area contributed by atoms with Crippen molar-refractivity contribution in [2.75, 3.05) is 26.2 Å². The van der Waals surface area contributed by atoms with E-state index < -0.39 is 0 Å². The Morgan fingerprint density at radius 1 is 1.42 bits per heavy atom. The van der Waals surface area contributed by atoms with Gasteiger partial charge in [-0.25, -0.2) is 0 Å². The summed E-state index contributed by atoms with van der Waals surface area (Å²) >= 11 is 5.04. The average Bonchev–Trinajstić information content (AvgIpc) is 2.93. The van der Waals surface area contributed by atoms with Gasteiger partial charge in [-0.3, -0.25) is 10.1 Å². The largest absolute Gasteiger partial charge is 0.459 e. The van der Waals surface area contributed by atoms with Crippen molar-refractivity contribution in [3.8, 4) is 0 Å². The highest BCUT2D eigenvalue weighted by Gasteiger charge is 2.09. The van der Waals surface area contributed by atoms with Crippen molar-refractivity contribution in [3.63, 3.8) is 0 Å². The molecule has 0 aliphatic rings. The number of carbonyl (C=O) groups is 1. The minimum absolute atomic E-state index is 0.257. The minimum atomic E-state index is -0.328. The summed E-state index contributed by atoms with van der Waals surface area (Å²) in [5, 5.41) is 5.92. The van der Waals surface area contributed by atoms with Gasteiger partial charge in [0.2, 0.25) is 0 Å². The van der Waals surface area contributed by atoms with E-state index in [2.05, 4.69) is 29.4 Å². The number of amides is 1. The molecule has 0 fully saturated rings. The molecule has 0 saturated carbocycles. The van der Waals surface area contributed by atoms with Crippen LogP contribution in [0.2, 0.25) is 0 Å². The summed E-state index contributed by atoms with van der Waals surface area (Å²) in [4.78, 5) is 13.9. The van der Waals surface area contributed by atoms with Crippen molar-refractivity contribution in [2.45, 2.75) is 20.3 Å². The van der Waals surface area contributed by atoms with Crippen molar-refractivity contribution in [3.05, 3.63) is 24.2 Å². The summed E-state index contributed by atoms with van der Waals surface area (Å²) in [7, 11) is 0. The van der Waals surface area contributed by atoms with Crippen LogP contribution in [0.1, 0.15) is 30.8 Å². The highest BCUT2D eigenvalue weighted by molar-refractivity contribution is 7.80. The van der Waals surface area contributed by atoms with E-state index in [9.17, 15) is 4.79 Å². The molecule has 1 heterocycles. The van der Waals surface area contributed by atoms with Crippen LogP contribution in [0.25, 0.3) is 0 Å². The van der Waals surface area contributed by atoms with Gasteiger partial charge in [0.25, 0.3) is 5.91 Å². The number of nitrogens with zero attached hydrogens (tertiary/aromatic N) is 1. The summed E-state index contributed by atoms with van der Waals surface area (Å²) in [6, 6.07) is 3.26. The van der Waals surface area contributed by atoms with Crippen molar-refractivity contribution in [1.29, 1.82) is 0 Å². The Balaban J connectivity index is 2.16. The molecule has 6 heteroatoms. The summed E-state index contributed by atoms with van der Waals surface area (Å²) in [6.45, 7) is 8.16. The molecular formula is C13H21N3O2S.